The van der Waals surface area contributed by atoms with E-state index in [2.05, 4.69) is 23.1 Å². The van der Waals surface area contributed by atoms with Crippen LogP contribution >= 0.6 is 0 Å². The van der Waals surface area contributed by atoms with Crippen molar-refractivity contribution in [3.63, 3.8) is 0 Å². The Morgan fingerprint density at radius 3 is 2.73 bits per heavy atom. The summed E-state index contributed by atoms with van der Waals surface area (Å²) < 4.78 is 28.6. The minimum Gasteiger partial charge on any atom is -0.493 e. The zero-order chi connectivity index (χ0) is 18.1. The molecule has 6 nitrogen and oxygen atoms in total. The number of ether oxygens (including phenoxy) is 1. The van der Waals surface area contributed by atoms with Gasteiger partial charge in [0.1, 0.15) is 5.75 Å². The van der Waals surface area contributed by atoms with E-state index in [0.29, 0.717) is 12.8 Å². The Morgan fingerprint density at radius 2 is 2.00 bits per heavy atom. The number of sulfone groups is 1. The smallest absolute Gasteiger partial charge is 0.222 e. The number of carbonyl (C=O) groups excluding carboxylic acids is 1. The van der Waals surface area contributed by atoms with E-state index in [4.69, 9.17) is 4.74 Å². The van der Waals surface area contributed by atoms with Crippen LogP contribution in [0.1, 0.15) is 24.0 Å². The Labute approximate surface area is 155 Å². The summed E-state index contributed by atoms with van der Waals surface area (Å²) >= 11 is 0. The molecule has 2 fully saturated rings. The summed E-state index contributed by atoms with van der Waals surface area (Å²) in [6.07, 6.45) is 2.00. The Balaban J connectivity index is 1.25. The van der Waals surface area contributed by atoms with Crippen LogP contribution in [-0.4, -0.2) is 68.4 Å². The quantitative estimate of drug-likeness (QED) is 0.785. The predicted molar refractivity (Wildman–Crippen MR) is 98.9 cm³/mol. The molecule has 0 unspecified atom stereocenters. The zero-order valence-corrected chi connectivity index (χ0v) is 15.8. The molecule has 3 aliphatic rings. The third kappa shape index (κ3) is 4.04. The second-order valence-corrected chi connectivity index (χ2v) is 9.90. The first kappa shape index (κ1) is 17.8. The largest absolute Gasteiger partial charge is 0.493 e. The standard InChI is InChI=1S/C19H26N2O4S/c22-19(12-16-4-10-26(23,24)14-16)21-7-5-20(6-8-21)13-15-1-2-18-17(11-15)3-9-25-18/h1-2,11,16H,3-10,12-14H2/t16-/m0/s1. The van der Waals surface area contributed by atoms with E-state index in [-0.39, 0.29) is 23.3 Å². The molecule has 3 heterocycles. The Kier molecular flexibility index (Phi) is 4.92. The van der Waals surface area contributed by atoms with Gasteiger partial charge in [0.05, 0.1) is 18.1 Å². The highest BCUT2D eigenvalue weighted by molar-refractivity contribution is 7.91. The van der Waals surface area contributed by atoms with Crippen molar-refractivity contribution in [3.8, 4) is 5.75 Å². The van der Waals surface area contributed by atoms with Crippen molar-refractivity contribution in [2.24, 2.45) is 5.92 Å². The number of fused-ring (bicyclic) bond motifs is 1. The maximum Gasteiger partial charge on any atom is 0.222 e. The normalized spacial score (nSPS) is 25.1. The summed E-state index contributed by atoms with van der Waals surface area (Å²) in [4.78, 5) is 16.7. The molecule has 1 aromatic carbocycles. The average molecular weight is 378 g/mol. The topological polar surface area (TPSA) is 66.9 Å². The van der Waals surface area contributed by atoms with Crippen molar-refractivity contribution in [1.82, 2.24) is 9.80 Å². The van der Waals surface area contributed by atoms with E-state index in [9.17, 15) is 13.2 Å². The molecule has 0 spiro atoms. The Hall–Kier alpha value is -1.60. The number of carbonyl (C=O) groups is 1. The molecule has 7 heteroatoms. The summed E-state index contributed by atoms with van der Waals surface area (Å²) in [5.41, 5.74) is 2.59. The van der Waals surface area contributed by atoms with Gasteiger partial charge in [-0.2, -0.15) is 0 Å². The first-order valence-corrected chi connectivity index (χ1v) is 11.3. The van der Waals surface area contributed by atoms with Crippen LogP contribution in [0.15, 0.2) is 18.2 Å². The third-order valence-corrected chi connectivity index (χ3v) is 7.51. The lowest BCUT2D eigenvalue weighted by Gasteiger charge is -2.35. The molecular formula is C19H26N2O4S. The van der Waals surface area contributed by atoms with E-state index in [1.54, 1.807) is 0 Å². The van der Waals surface area contributed by atoms with Gasteiger partial charge in [0.15, 0.2) is 9.84 Å². The fourth-order valence-electron chi connectivity index (χ4n) is 4.16. The van der Waals surface area contributed by atoms with E-state index in [0.717, 1.165) is 51.5 Å². The van der Waals surface area contributed by atoms with Gasteiger partial charge in [-0.3, -0.25) is 9.69 Å². The average Bonchev–Trinajstić information content (AvgIpc) is 3.21. The molecule has 4 rings (SSSR count). The van der Waals surface area contributed by atoms with Gasteiger partial charge in [-0.05, 0) is 29.5 Å². The van der Waals surface area contributed by atoms with Gasteiger partial charge < -0.3 is 9.64 Å². The first-order valence-electron chi connectivity index (χ1n) is 9.44. The highest BCUT2D eigenvalue weighted by atomic mass is 32.2. The molecule has 1 atom stereocenters. The maximum atomic E-state index is 12.5. The summed E-state index contributed by atoms with van der Waals surface area (Å²) in [6, 6.07) is 6.43. The molecule has 0 bridgehead atoms. The second kappa shape index (κ2) is 7.19. The van der Waals surface area contributed by atoms with Gasteiger partial charge in [0.2, 0.25) is 5.91 Å². The number of amides is 1. The van der Waals surface area contributed by atoms with E-state index < -0.39 is 9.84 Å². The minimum atomic E-state index is -2.91. The zero-order valence-electron chi connectivity index (χ0n) is 15.0. The molecule has 142 valence electrons. The van der Waals surface area contributed by atoms with Gasteiger partial charge in [0.25, 0.3) is 0 Å². The number of benzene rings is 1. The van der Waals surface area contributed by atoms with Gasteiger partial charge in [0, 0.05) is 45.6 Å². The number of nitrogens with zero attached hydrogens (tertiary/aromatic N) is 2. The van der Waals surface area contributed by atoms with Crippen LogP contribution in [0.2, 0.25) is 0 Å². The summed E-state index contributed by atoms with van der Waals surface area (Å²) in [5, 5.41) is 0. The van der Waals surface area contributed by atoms with Crippen LogP contribution in [0.4, 0.5) is 0 Å². The van der Waals surface area contributed by atoms with E-state index in [1.807, 2.05) is 4.90 Å². The van der Waals surface area contributed by atoms with Crippen molar-refractivity contribution in [1.29, 1.82) is 0 Å². The van der Waals surface area contributed by atoms with Crippen molar-refractivity contribution >= 4 is 15.7 Å². The molecule has 3 aliphatic heterocycles. The lowest BCUT2D eigenvalue weighted by Crippen LogP contribution is -2.48. The number of hydrogen-bond acceptors (Lipinski definition) is 5. The maximum absolute atomic E-state index is 12.5. The molecule has 0 saturated carbocycles. The minimum absolute atomic E-state index is 0.0131. The van der Waals surface area contributed by atoms with Crippen LogP contribution in [0.3, 0.4) is 0 Å². The molecule has 0 N–H and O–H groups in total. The fourth-order valence-corrected chi connectivity index (χ4v) is 6.02. The number of piperazine rings is 1. The first-order chi connectivity index (χ1) is 12.5. The van der Waals surface area contributed by atoms with E-state index >= 15 is 0 Å². The monoisotopic (exact) mass is 378 g/mol. The van der Waals surface area contributed by atoms with Crippen molar-refractivity contribution in [3.05, 3.63) is 29.3 Å². The Bertz CT molecular complexity index is 785. The molecule has 0 radical (unpaired) electrons. The number of rotatable bonds is 4. The van der Waals surface area contributed by atoms with Crippen molar-refractivity contribution < 1.29 is 17.9 Å². The predicted octanol–water partition coefficient (Wildman–Crippen LogP) is 1.09. The molecule has 0 aromatic heterocycles. The molecular weight excluding hydrogens is 352 g/mol. The highest BCUT2D eigenvalue weighted by Gasteiger charge is 2.31. The fraction of sp³-hybridized carbons (Fsp3) is 0.632. The van der Waals surface area contributed by atoms with Crippen LogP contribution in [0.5, 0.6) is 5.75 Å². The Morgan fingerprint density at radius 1 is 1.19 bits per heavy atom. The van der Waals surface area contributed by atoms with E-state index in [1.165, 1.54) is 11.1 Å². The van der Waals surface area contributed by atoms with Crippen LogP contribution in [0.25, 0.3) is 0 Å². The molecule has 26 heavy (non-hydrogen) atoms. The van der Waals surface area contributed by atoms with Gasteiger partial charge in [-0.25, -0.2) is 8.42 Å². The van der Waals surface area contributed by atoms with Crippen molar-refractivity contribution in [2.75, 3.05) is 44.3 Å². The third-order valence-electron chi connectivity index (χ3n) is 5.68. The van der Waals surface area contributed by atoms with Crippen LogP contribution in [-0.2, 0) is 27.6 Å². The molecule has 2 saturated heterocycles. The lowest BCUT2D eigenvalue weighted by atomic mass is 10.0. The van der Waals surface area contributed by atoms with Crippen molar-refractivity contribution in [2.45, 2.75) is 25.8 Å². The highest BCUT2D eigenvalue weighted by Crippen LogP contribution is 2.27. The van der Waals surface area contributed by atoms with Gasteiger partial charge in [-0.15, -0.1) is 0 Å². The van der Waals surface area contributed by atoms with Crippen LogP contribution in [0, 0.1) is 5.92 Å². The summed E-state index contributed by atoms with van der Waals surface area (Å²) in [7, 11) is -2.91. The molecule has 1 amide bonds. The second-order valence-electron chi connectivity index (χ2n) is 7.67. The summed E-state index contributed by atoms with van der Waals surface area (Å²) in [5.74, 6) is 1.56. The summed E-state index contributed by atoms with van der Waals surface area (Å²) in [6.45, 7) is 4.86. The van der Waals surface area contributed by atoms with Gasteiger partial charge in [-0.1, -0.05) is 12.1 Å². The number of hydrogen-bond donors (Lipinski definition) is 0. The SMILES string of the molecule is O=C(C[C@@H]1CCS(=O)(=O)C1)N1CCN(Cc2ccc3c(c2)CCO3)CC1. The lowest BCUT2D eigenvalue weighted by molar-refractivity contribution is -0.133. The molecule has 1 aromatic rings. The van der Waals surface area contributed by atoms with Crippen LogP contribution < -0.4 is 4.74 Å². The van der Waals surface area contributed by atoms with Gasteiger partial charge >= 0.3 is 0 Å². The molecule has 0 aliphatic carbocycles.